The average molecular weight is 301 g/mol. The molecule has 8 heteroatoms. The highest BCUT2D eigenvalue weighted by Crippen LogP contribution is 2.34. The first-order valence-corrected chi connectivity index (χ1v) is 6.39. The second kappa shape index (κ2) is 5.49. The number of nitrogen functional groups attached to an aromatic ring is 1. The van der Waals surface area contributed by atoms with Crippen molar-refractivity contribution < 1.29 is 18.0 Å². The molecule has 0 aliphatic carbocycles. The molecule has 0 spiro atoms. The molecular formula is C12H10F3N3OS. The van der Waals surface area contributed by atoms with Crippen LogP contribution in [0.1, 0.15) is 20.8 Å². The summed E-state index contributed by atoms with van der Waals surface area (Å²) >= 11 is 1.33. The molecule has 2 aromatic rings. The molecule has 0 unspecified atom stereocenters. The lowest BCUT2D eigenvalue weighted by Gasteiger charge is -2.13. The van der Waals surface area contributed by atoms with Crippen molar-refractivity contribution in [2.75, 3.05) is 5.73 Å². The quantitative estimate of drug-likeness (QED) is 0.856. The molecule has 1 amide bonds. The Labute approximate surface area is 116 Å². The van der Waals surface area contributed by atoms with Crippen LogP contribution in [0.5, 0.6) is 0 Å². The fraction of sp³-hybridized carbons (Fsp3) is 0.167. The number of aromatic nitrogens is 1. The summed E-state index contributed by atoms with van der Waals surface area (Å²) in [6.45, 7) is 0.194. The maximum Gasteiger partial charge on any atom is 0.418 e. The Morgan fingerprint density at radius 2 is 2.15 bits per heavy atom. The smallest absolute Gasteiger partial charge is 0.398 e. The molecule has 0 radical (unpaired) electrons. The van der Waals surface area contributed by atoms with Crippen molar-refractivity contribution in [1.29, 1.82) is 0 Å². The molecule has 20 heavy (non-hydrogen) atoms. The third-order valence-corrected chi connectivity index (χ3v) is 3.34. The summed E-state index contributed by atoms with van der Waals surface area (Å²) < 4.78 is 38.0. The van der Waals surface area contributed by atoms with E-state index in [1.54, 1.807) is 11.7 Å². The van der Waals surface area contributed by atoms with Gasteiger partial charge in [-0.05, 0) is 12.1 Å². The fourth-order valence-corrected chi connectivity index (χ4v) is 2.14. The van der Waals surface area contributed by atoms with Crippen LogP contribution in [0.2, 0.25) is 0 Å². The predicted molar refractivity (Wildman–Crippen MR) is 69.1 cm³/mol. The number of para-hydroxylation sites is 1. The van der Waals surface area contributed by atoms with E-state index in [0.29, 0.717) is 0 Å². The lowest BCUT2D eigenvalue weighted by molar-refractivity contribution is -0.136. The number of amides is 1. The second-order valence-electron chi connectivity index (χ2n) is 3.91. The monoisotopic (exact) mass is 301 g/mol. The van der Waals surface area contributed by atoms with Crippen LogP contribution in [0.3, 0.4) is 0 Å². The molecular weight excluding hydrogens is 291 g/mol. The van der Waals surface area contributed by atoms with Crippen LogP contribution in [0.15, 0.2) is 29.9 Å². The van der Waals surface area contributed by atoms with Gasteiger partial charge in [-0.15, -0.1) is 11.3 Å². The Kier molecular flexibility index (Phi) is 3.93. The largest absolute Gasteiger partial charge is 0.418 e. The molecule has 0 aliphatic rings. The van der Waals surface area contributed by atoms with Crippen molar-refractivity contribution in [1.82, 2.24) is 10.3 Å². The number of nitrogens with one attached hydrogen (secondary N) is 1. The van der Waals surface area contributed by atoms with E-state index in [1.807, 2.05) is 0 Å². The van der Waals surface area contributed by atoms with Gasteiger partial charge in [-0.2, -0.15) is 13.2 Å². The maximum absolute atomic E-state index is 12.7. The molecule has 3 N–H and O–H groups in total. The molecule has 4 nitrogen and oxygen atoms in total. The van der Waals surface area contributed by atoms with E-state index in [-0.39, 0.29) is 12.1 Å². The van der Waals surface area contributed by atoms with Crippen LogP contribution in [-0.2, 0) is 12.7 Å². The summed E-state index contributed by atoms with van der Waals surface area (Å²) in [4.78, 5) is 16.5. The van der Waals surface area contributed by atoms with E-state index < -0.39 is 23.3 Å². The van der Waals surface area contributed by atoms with Gasteiger partial charge in [-0.1, -0.05) is 6.07 Å². The number of carbonyl (C=O) groups is 1. The zero-order chi connectivity index (χ0) is 14.8. The lowest BCUT2D eigenvalue weighted by atomic mass is 10.1. The Hall–Kier alpha value is -2.09. The van der Waals surface area contributed by atoms with E-state index in [1.165, 1.54) is 17.4 Å². The second-order valence-corrected chi connectivity index (χ2v) is 4.89. The van der Waals surface area contributed by atoms with Crippen molar-refractivity contribution in [3.05, 3.63) is 45.9 Å². The van der Waals surface area contributed by atoms with Gasteiger partial charge in [-0.3, -0.25) is 9.78 Å². The minimum Gasteiger partial charge on any atom is -0.398 e. The minimum atomic E-state index is -4.59. The van der Waals surface area contributed by atoms with E-state index in [0.717, 1.165) is 17.0 Å². The molecule has 0 saturated carbocycles. The number of thiazole rings is 1. The summed E-state index contributed by atoms with van der Waals surface area (Å²) in [5, 5.41) is 2.50. The van der Waals surface area contributed by atoms with Gasteiger partial charge in [-0.25, -0.2) is 0 Å². The van der Waals surface area contributed by atoms with Gasteiger partial charge in [0.25, 0.3) is 5.91 Å². The van der Waals surface area contributed by atoms with Crippen LogP contribution in [0.4, 0.5) is 18.9 Å². The van der Waals surface area contributed by atoms with Gasteiger partial charge in [0.15, 0.2) is 0 Å². The number of alkyl halides is 3. The molecule has 106 valence electrons. The molecule has 0 bridgehead atoms. The summed E-state index contributed by atoms with van der Waals surface area (Å²) in [6, 6.07) is 3.25. The van der Waals surface area contributed by atoms with E-state index >= 15 is 0 Å². The number of carbonyl (C=O) groups excluding carboxylic acids is 1. The van der Waals surface area contributed by atoms with Crippen LogP contribution >= 0.6 is 11.3 Å². The van der Waals surface area contributed by atoms with E-state index in [4.69, 9.17) is 5.73 Å². The zero-order valence-corrected chi connectivity index (χ0v) is 10.9. The lowest BCUT2D eigenvalue weighted by Crippen LogP contribution is -2.24. The molecule has 0 atom stereocenters. The van der Waals surface area contributed by atoms with Crippen molar-refractivity contribution in [3.8, 4) is 0 Å². The summed E-state index contributed by atoms with van der Waals surface area (Å²) in [6.07, 6.45) is -3.02. The number of rotatable bonds is 3. The van der Waals surface area contributed by atoms with Gasteiger partial charge < -0.3 is 11.1 Å². The standard InChI is InChI=1S/C12H10F3N3OS/c13-12(14,15)9-3-1-2-8(10(9)16)11(19)18-5-7-4-17-6-20-7/h1-4,6H,5,16H2,(H,18,19). The van der Waals surface area contributed by atoms with Crippen molar-refractivity contribution in [3.63, 3.8) is 0 Å². The van der Waals surface area contributed by atoms with Crippen LogP contribution < -0.4 is 11.1 Å². The number of halogens is 3. The Morgan fingerprint density at radius 3 is 2.75 bits per heavy atom. The number of anilines is 1. The molecule has 1 heterocycles. The first-order chi connectivity index (χ1) is 9.39. The van der Waals surface area contributed by atoms with E-state index in [9.17, 15) is 18.0 Å². The molecule has 0 saturated heterocycles. The third kappa shape index (κ3) is 3.08. The fourth-order valence-electron chi connectivity index (χ4n) is 1.60. The van der Waals surface area contributed by atoms with Crippen LogP contribution in [0, 0.1) is 0 Å². The summed E-state index contributed by atoms with van der Waals surface area (Å²) in [7, 11) is 0. The van der Waals surface area contributed by atoms with Crippen LogP contribution in [0.25, 0.3) is 0 Å². The topological polar surface area (TPSA) is 68.0 Å². The molecule has 0 fully saturated rings. The Balaban J connectivity index is 2.18. The van der Waals surface area contributed by atoms with Crippen LogP contribution in [-0.4, -0.2) is 10.9 Å². The first-order valence-electron chi connectivity index (χ1n) is 5.51. The van der Waals surface area contributed by atoms with E-state index in [2.05, 4.69) is 10.3 Å². The highest BCUT2D eigenvalue weighted by molar-refractivity contribution is 7.09. The number of hydrogen-bond donors (Lipinski definition) is 2. The maximum atomic E-state index is 12.7. The SMILES string of the molecule is Nc1c(C(=O)NCc2cncs2)cccc1C(F)(F)F. The normalized spacial score (nSPS) is 11.3. The Morgan fingerprint density at radius 1 is 1.40 bits per heavy atom. The zero-order valence-electron chi connectivity index (χ0n) is 10.1. The highest BCUT2D eigenvalue weighted by atomic mass is 32.1. The number of benzene rings is 1. The van der Waals surface area contributed by atoms with Gasteiger partial charge in [0.1, 0.15) is 0 Å². The minimum absolute atomic E-state index is 0.190. The number of nitrogens with zero attached hydrogens (tertiary/aromatic N) is 1. The van der Waals surface area contributed by atoms with Crippen molar-refractivity contribution in [2.24, 2.45) is 0 Å². The van der Waals surface area contributed by atoms with Gasteiger partial charge in [0.2, 0.25) is 0 Å². The van der Waals surface area contributed by atoms with Gasteiger partial charge >= 0.3 is 6.18 Å². The molecule has 1 aromatic carbocycles. The first kappa shape index (κ1) is 14.3. The van der Waals surface area contributed by atoms with Gasteiger partial charge in [0.05, 0.1) is 28.9 Å². The number of hydrogen-bond acceptors (Lipinski definition) is 4. The average Bonchev–Trinajstić information content (AvgIpc) is 2.88. The molecule has 2 rings (SSSR count). The summed E-state index contributed by atoms with van der Waals surface area (Å²) in [5.74, 6) is -0.651. The number of nitrogens with two attached hydrogens (primary N) is 1. The highest BCUT2D eigenvalue weighted by Gasteiger charge is 2.34. The van der Waals surface area contributed by atoms with Crippen molar-refractivity contribution >= 4 is 22.9 Å². The third-order valence-electron chi connectivity index (χ3n) is 2.56. The van der Waals surface area contributed by atoms with Crippen molar-refractivity contribution in [2.45, 2.75) is 12.7 Å². The molecule has 1 aromatic heterocycles. The molecule has 0 aliphatic heterocycles. The predicted octanol–water partition coefficient (Wildman–Crippen LogP) is 2.67. The van der Waals surface area contributed by atoms with Gasteiger partial charge in [0, 0.05) is 11.1 Å². The Bertz CT molecular complexity index is 611. The summed E-state index contributed by atoms with van der Waals surface area (Å²) in [5.41, 5.74) is 5.26.